The van der Waals surface area contributed by atoms with Gasteiger partial charge in [0.2, 0.25) is 0 Å². The third-order valence-electron chi connectivity index (χ3n) is 3.55. The van der Waals surface area contributed by atoms with Crippen LogP contribution in [0.15, 0.2) is 17.1 Å². The molecule has 24 heavy (non-hydrogen) atoms. The zero-order chi connectivity index (χ0) is 17.9. The predicted octanol–water partition coefficient (Wildman–Crippen LogP) is 2.81. The summed E-state index contributed by atoms with van der Waals surface area (Å²) in [5.74, 6) is 3.50. The van der Waals surface area contributed by atoms with E-state index in [1.54, 1.807) is 21.3 Å². The summed E-state index contributed by atoms with van der Waals surface area (Å²) >= 11 is 0. The molecule has 0 amide bonds. The molecule has 0 aromatic heterocycles. The zero-order valence-electron chi connectivity index (χ0n) is 15.7. The van der Waals surface area contributed by atoms with Crippen LogP contribution in [0.3, 0.4) is 0 Å². The van der Waals surface area contributed by atoms with Crippen molar-refractivity contribution in [1.29, 1.82) is 0 Å². The highest BCUT2D eigenvalue weighted by Gasteiger charge is 2.11. The molecule has 0 bridgehead atoms. The van der Waals surface area contributed by atoms with Crippen LogP contribution < -0.4 is 24.8 Å². The van der Waals surface area contributed by atoms with E-state index in [9.17, 15) is 0 Å². The lowest BCUT2D eigenvalue weighted by molar-refractivity contribution is 0.347. The van der Waals surface area contributed by atoms with Crippen LogP contribution in [0.5, 0.6) is 17.2 Å². The number of aliphatic imine (C=N–C) groups is 1. The number of hydrogen-bond donors (Lipinski definition) is 2. The Morgan fingerprint density at radius 1 is 1.00 bits per heavy atom. The summed E-state index contributed by atoms with van der Waals surface area (Å²) in [7, 11) is 4.87. The normalized spacial score (nSPS) is 11.4. The summed E-state index contributed by atoms with van der Waals surface area (Å²) in [5, 5.41) is 6.61. The van der Waals surface area contributed by atoms with E-state index in [4.69, 9.17) is 14.2 Å². The summed E-state index contributed by atoms with van der Waals surface area (Å²) in [6.07, 6.45) is 1.10. The van der Waals surface area contributed by atoms with Crippen LogP contribution in [0.4, 0.5) is 0 Å². The van der Waals surface area contributed by atoms with Gasteiger partial charge in [-0.1, -0.05) is 13.8 Å². The molecule has 0 spiro atoms. The summed E-state index contributed by atoms with van der Waals surface area (Å²) < 4.78 is 16.1. The molecule has 0 saturated heterocycles. The molecule has 6 nitrogen and oxygen atoms in total. The van der Waals surface area contributed by atoms with Gasteiger partial charge in [-0.25, -0.2) is 4.99 Å². The number of rotatable bonds is 9. The molecule has 0 aliphatic rings. The van der Waals surface area contributed by atoms with Gasteiger partial charge in [0.15, 0.2) is 17.5 Å². The van der Waals surface area contributed by atoms with Crippen LogP contribution in [0.25, 0.3) is 0 Å². The van der Waals surface area contributed by atoms with Crippen LogP contribution in [0.2, 0.25) is 0 Å². The van der Waals surface area contributed by atoms with Crippen molar-refractivity contribution in [2.75, 3.05) is 34.4 Å². The summed E-state index contributed by atoms with van der Waals surface area (Å²) in [6.45, 7) is 8.67. The molecule has 136 valence electrons. The Hall–Kier alpha value is -2.11. The molecule has 0 aliphatic heterocycles. The average Bonchev–Trinajstić information content (AvgIpc) is 2.58. The van der Waals surface area contributed by atoms with E-state index in [-0.39, 0.29) is 0 Å². The van der Waals surface area contributed by atoms with Gasteiger partial charge in [0.25, 0.3) is 0 Å². The van der Waals surface area contributed by atoms with Crippen LogP contribution in [-0.2, 0) is 6.54 Å². The van der Waals surface area contributed by atoms with E-state index < -0.39 is 0 Å². The first-order chi connectivity index (χ1) is 11.5. The molecule has 0 radical (unpaired) electrons. The van der Waals surface area contributed by atoms with Gasteiger partial charge in [0.1, 0.15) is 5.75 Å². The largest absolute Gasteiger partial charge is 0.496 e. The number of guanidine groups is 1. The minimum absolute atomic E-state index is 0.487. The maximum atomic E-state index is 5.45. The van der Waals surface area contributed by atoms with Crippen LogP contribution in [0.1, 0.15) is 32.8 Å². The molecule has 6 heteroatoms. The van der Waals surface area contributed by atoms with Crippen molar-refractivity contribution in [2.45, 2.75) is 33.7 Å². The van der Waals surface area contributed by atoms with E-state index in [0.717, 1.165) is 36.8 Å². The fourth-order valence-corrected chi connectivity index (χ4v) is 2.20. The molecule has 0 heterocycles. The molecule has 0 unspecified atom stereocenters. The number of nitrogens with zero attached hydrogens (tertiary/aromatic N) is 1. The summed E-state index contributed by atoms with van der Waals surface area (Å²) in [4.78, 5) is 4.64. The van der Waals surface area contributed by atoms with Crippen LogP contribution >= 0.6 is 0 Å². The van der Waals surface area contributed by atoms with E-state index in [2.05, 4.69) is 36.4 Å². The topological polar surface area (TPSA) is 64.1 Å². The van der Waals surface area contributed by atoms with Gasteiger partial charge in [0.05, 0.1) is 27.9 Å². The summed E-state index contributed by atoms with van der Waals surface area (Å²) in [5.41, 5.74) is 0.941. The van der Waals surface area contributed by atoms with Gasteiger partial charge < -0.3 is 24.8 Å². The Morgan fingerprint density at radius 3 is 2.17 bits per heavy atom. The van der Waals surface area contributed by atoms with Crippen LogP contribution in [-0.4, -0.2) is 40.4 Å². The highest BCUT2D eigenvalue weighted by Crippen LogP contribution is 2.34. The number of methoxy groups -OCH3 is 3. The van der Waals surface area contributed by atoms with Crippen molar-refractivity contribution in [3.05, 3.63) is 17.7 Å². The lowest BCUT2D eigenvalue weighted by atomic mass is 10.1. The van der Waals surface area contributed by atoms with Crippen molar-refractivity contribution in [3.8, 4) is 17.2 Å². The Morgan fingerprint density at radius 2 is 1.62 bits per heavy atom. The molecule has 1 aromatic rings. The van der Waals surface area contributed by atoms with Crippen molar-refractivity contribution < 1.29 is 14.2 Å². The second kappa shape index (κ2) is 10.6. The molecule has 0 atom stereocenters. The van der Waals surface area contributed by atoms with Crippen molar-refractivity contribution in [3.63, 3.8) is 0 Å². The number of benzene rings is 1. The average molecular weight is 337 g/mol. The number of nitrogens with one attached hydrogen (secondary N) is 2. The Bertz CT molecular complexity index is 530. The monoisotopic (exact) mass is 337 g/mol. The number of ether oxygens (including phenoxy) is 3. The fourth-order valence-electron chi connectivity index (χ4n) is 2.20. The molecule has 0 aliphatic carbocycles. The molecule has 0 saturated carbocycles. The highest BCUT2D eigenvalue weighted by molar-refractivity contribution is 5.79. The second-order valence-corrected chi connectivity index (χ2v) is 5.82. The standard InChI is InChI=1S/C18H31N3O3/c1-7-19-18(20-9-8-13(2)3)21-12-14-10-16(23-5)17(24-6)11-15(14)22-4/h10-11,13H,7-9,12H2,1-6H3,(H2,19,20,21). The Kier molecular flexibility index (Phi) is 8.83. The first-order valence-corrected chi connectivity index (χ1v) is 8.36. The lowest BCUT2D eigenvalue weighted by Crippen LogP contribution is -2.38. The van der Waals surface area contributed by atoms with Crippen molar-refractivity contribution in [2.24, 2.45) is 10.9 Å². The molecular weight excluding hydrogens is 306 g/mol. The van der Waals surface area contributed by atoms with Crippen molar-refractivity contribution >= 4 is 5.96 Å². The molecule has 2 N–H and O–H groups in total. The van der Waals surface area contributed by atoms with Gasteiger partial charge in [-0.15, -0.1) is 0 Å². The van der Waals surface area contributed by atoms with E-state index >= 15 is 0 Å². The van der Waals surface area contributed by atoms with Gasteiger partial charge in [0, 0.05) is 24.7 Å². The van der Waals surface area contributed by atoms with Crippen LogP contribution in [0, 0.1) is 5.92 Å². The predicted molar refractivity (Wildman–Crippen MR) is 98.4 cm³/mol. The molecule has 1 rings (SSSR count). The Labute approximate surface area is 145 Å². The van der Waals surface area contributed by atoms with Crippen molar-refractivity contribution in [1.82, 2.24) is 10.6 Å². The smallest absolute Gasteiger partial charge is 0.191 e. The maximum absolute atomic E-state index is 5.45. The van der Waals surface area contributed by atoms with Gasteiger partial charge in [-0.2, -0.15) is 0 Å². The van der Waals surface area contributed by atoms with Gasteiger partial charge in [-0.3, -0.25) is 0 Å². The first-order valence-electron chi connectivity index (χ1n) is 8.36. The first kappa shape index (κ1) is 19.9. The Balaban J connectivity index is 2.90. The minimum atomic E-state index is 0.487. The maximum Gasteiger partial charge on any atom is 0.191 e. The lowest BCUT2D eigenvalue weighted by Gasteiger charge is -2.15. The fraction of sp³-hybridized carbons (Fsp3) is 0.611. The number of hydrogen-bond acceptors (Lipinski definition) is 4. The molecule has 0 fully saturated rings. The second-order valence-electron chi connectivity index (χ2n) is 5.82. The van der Waals surface area contributed by atoms with Gasteiger partial charge >= 0.3 is 0 Å². The third-order valence-corrected chi connectivity index (χ3v) is 3.55. The minimum Gasteiger partial charge on any atom is -0.496 e. The third kappa shape index (κ3) is 6.18. The molecular formula is C18H31N3O3. The molecule has 1 aromatic carbocycles. The van der Waals surface area contributed by atoms with Gasteiger partial charge in [-0.05, 0) is 25.3 Å². The van der Waals surface area contributed by atoms with E-state index in [1.807, 2.05) is 12.1 Å². The van der Waals surface area contributed by atoms with E-state index in [0.29, 0.717) is 24.0 Å². The summed E-state index contributed by atoms with van der Waals surface area (Å²) in [6, 6.07) is 3.72. The zero-order valence-corrected chi connectivity index (χ0v) is 15.7. The quantitative estimate of drug-likeness (QED) is 0.536. The SMILES string of the molecule is CCNC(=NCc1cc(OC)c(OC)cc1OC)NCCC(C)C. The van der Waals surface area contributed by atoms with E-state index in [1.165, 1.54) is 0 Å². The highest BCUT2D eigenvalue weighted by atomic mass is 16.5.